The molecule has 1 atom stereocenters. The maximum absolute atomic E-state index is 3.81. The molecule has 1 heterocycles. The van der Waals surface area contributed by atoms with Crippen LogP contribution in [0.4, 0.5) is 0 Å². The summed E-state index contributed by atoms with van der Waals surface area (Å²) in [4.78, 5) is 3.39. The second kappa shape index (κ2) is 8.71. The van der Waals surface area contributed by atoms with Crippen molar-refractivity contribution < 1.29 is 0 Å². The van der Waals surface area contributed by atoms with Crippen LogP contribution in [0.2, 0.25) is 0 Å². The zero-order chi connectivity index (χ0) is 12.7. The topological polar surface area (TPSA) is 0 Å². The molecule has 1 aromatic heterocycles. The van der Waals surface area contributed by atoms with Gasteiger partial charge < -0.3 is 0 Å². The normalized spacial score (nSPS) is 12.9. The Morgan fingerprint density at radius 3 is 2.41 bits per heavy atom. The lowest BCUT2D eigenvalue weighted by molar-refractivity contribution is 0.589. The van der Waals surface area contributed by atoms with Gasteiger partial charge in [-0.05, 0) is 35.3 Å². The maximum Gasteiger partial charge on any atom is 0.0489 e. The molecule has 0 spiro atoms. The van der Waals surface area contributed by atoms with Crippen LogP contribution in [0.5, 0.6) is 0 Å². The van der Waals surface area contributed by atoms with Crippen molar-refractivity contribution >= 4 is 43.2 Å². The molecular formula is C14H22Br2S. The van der Waals surface area contributed by atoms with E-state index in [1.54, 1.807) is 0 Å². The first kappa shape index (κ1) is 15.7. The highest BCUT2D eigenvalue weighted by Crippen LogP contribution is 2.37. The van der Waals surface area contributed by atoms with Gasteiger partial charge in [-0.25, -0.2) is 0 Å². The zero-order valence-electron chi connectivity index (χ0n) is 10.8. The van der Waals surface area contributed by atoms with E-state index >= 15 is 0 Å². The molecule has 0 aliphatic heterocycles. The maximum atomic E-state index is 3.81. The number of hydrogen-bond donors (Lipinski definition) is 0. The van der Waals surface area contributed by atoms with Crippen LogP contribution < -0.4 is 0 Å². The first-order chi connectivity index (χ1) is 8.15. The molecule has 0 fully saturated rings. The average Bonchev–Trinajstić information content (AvgIpc) is 2.64. The number of aryl methyl sites for hydroxylation is 1. The smallest absolute Gasteiger partial charge is 0.0489 e. The van der Waals surface area contributed by atoms with E-state index in [1.165, 1.54) is 59.2 Å². The third-order valence-corrected chi connectivity index (χ3v) is 6.50. The Morgan fingerprint density at radius 2 is 1.82 bits per heavy atom. The molecule has 0 N–H and O–H groups in total. The van der Waals surface area contributed by atoms with Gasteiger partial charge in [-0.1, -0.05) is 61.4 Å². The monoisotopic (exact) mass is 380 g/mol. The Labute approximate surface area is 126 Å². The highest BCUT2D eigenvalue weighted by molar-refractivity contribution is 9.10. The van der Waals surface area contributed by atoms with Crippen molar-refractivity contribution in [3.63, 3.8) is 0 Å². The summed E-state index contributed by atoms with van der Waals surface area (Å²) in [5.41, 5.74) is 0. The number of halogens is 2. The summed E-state index contributed by atoms with van der Waals surface area (Å²) in [6, 6.07) is 2.26. The van der Waals surface area contributed by atoms with Crippen LogP contribution >= 0.6 is 43.2 Å². The van der Waals surface area contributed by atoms with Gasteiger partial charge in [0.25, 0.3) is 0 Å². The quantitative estimate of drug-likeness (QED) is 0.335. The molecule has 3 heteroatoms. The standard InChI is InChI=1S/C14H22Br2S/c1-3-4-5-6-7-8-9-12(15)14-10-13(16)11(2)17-14/h10,12H,3-9H2,1-2H3. The van der Waals surface area contributed by atoms with E-state index in [0.717, 1.165) is 0 Å². The Morgan fingerprint density at radius 1 is 1.18 bits per heavy atom. The van der Waals surface area contributed by atoms with Crippen LogP contribution in [0.15, 0.2) is 10.5 Å². The number of alkyl halides is 1. The first-order valence-corrected chi connectivity index (χ1v) is 9.07. The summed E-state index contributed by atoms with van der Waals surface area (Å²) in [5, 5.41) is 0. The SMILES string of the molecule is CCCCCCCCC(Br)c1cc(Br)c(C)s1. The van der Waals surface area contributed by atoms with Crippen molar-refractivity contribution in [3.05, 3.63) is 20.3 Å². The molecule has 17 heavy (non-hydrogen) atoms. The van der Waals surface area contributed by atoms with Crippen LogP contribution in [-0.4, -0.2) is 0 Å². The summed E-state index contributed by atoms with van der Waals surface area (Å²) >= 11 is 9.29. The van der Waals surface area contributed by atoms with E-state index in [1.807, 2.05) is 11.3 Å². The van der Waals surface area contributed by atoms with Gasteiger partial charge in [0.05, 0.1) is 0 Å². The molecule has 0 amide bonds. The lowest BCUT2D eigenvalue weighted by Crippen LogP contribution is -1.87. The Kier molecular flexibility index (Phi) is 8.05. The molecule has 0 aromatic carbocycles. The molecule has 0 nitrogen and oxygen atoms in total. The molecule has 0 radical (unpaired) electrons. The van der Waals surface area contributed by atoms with E-state index in [9.17, 15) is 0 Å². The van der Waals surface area contributed by atoms with E-state index in [0.29, 0.717) is 4.83 Å². The summed E-state index contributed by atoms with van der Waals surface area (Å²) < 4.78 is 1.25. The van der Waals surface area contributed by atoms with E-state index in [-0.39, 0.29) is 0 Å². The average molecular weight is 382 g/mol. The van der Waals surface area contributed by atoms with Gasteiger partial charge in [0.2, 0.25) is 0 Å². The summed E-state index contributed by atoms with van der Waals surface area (Å²) in [6.07, 6.45) is 9.53. The fourth-order valence-corrected chi connectivity index (χ4v) is 4.19. The van der Waals surface area contributed by atoms with Crippen molar-refractivity contribution in [1.82, 2.24) is 0 Å². The number of rotatable bonds is 8. The highest BCUT2D eigenvalue weighted by atomic mass is 79.9. The molecule has 0 bridgehead atoms. The molecule has 1 unspecified atom stereocenters. The number of unbranched alkanes of at least 4 members (excludes halogenated alkanes) is 5. The van der Waals surface area contributed by atoms with Gasteiger partial charge >= 0.3 is 0 Å². The molecule has 0 aliphatic carbocycles. The fraction of sp³-hybridized carbons (Fsp3) is 0.714. The third kappa shape index (κ3) is 5.89. The molecular weight excluding hydrogens is 360 g/mol. The second-order valence-corrected chi connectivity index (χ2v) is 7.82. The predicted molar refractivity (Wildman–Crippen MR) is 86.4 cm³/mol. The van der Waals surface area contributed by atoms with E-state index in [4.69, 9.17) is 0 Å². The summed E-state index contributed by atoms with van der Waals surface area (Å²) in [6.45, 7) is 4.44. The van der Waals surface area contributed by atoms with Crippen molar-refractivity contribution in [3.8, 4) is 0 Å². The van der Waals surface area contributed by atoms with Crippen LogP contribution in [0.3, 0.4) is 0 Å². The first-order valence-electron chi connectivity index (χ1n) is 6.55. The minimum absolute atomic E-state index is 0.545. The van der Waals surface area contributed by atoms with Crippen molar-refractivity contribution in [1.29, 1.82) is 0 Å². The summed E-state index contributed by atoms with van der Waals surface area (Å²) in [7, 11) is 0. The minimum Gasteiger partial charge on any atom is -0.143 e. The van der Waals surface area contributed by atoms with Crippen LogP contribution in [0.25, 0.3) is 0 Å². The van der Waals surface area contributed by atoms with Crippen LogP contribution in [-0.2, 0) is 0 Å². The molecule has 0 saturated heterocycles. The predicted octanol–water partition coefficient (Wildman–Crippen LogP) is 7.01. The van der Waals surface area contributed by atoms with Gasteiger partial charge in [0.1, 0.15) is 0 Å². The van der Waals surface area contributed by atoms with Gasteiger partial charge in [0, 0.05) is 19.1 Å². The number of hydrogen-bond acceptors (Lipinski definition) is 1. The van der Waals surface area contributed by atoms with Crippen molar-refractivity contribution in [2.45, 2.75) is 63.6 Å². The molecule has 98 valence electrons. The summed E-state index contributed by atoms with van der Waals surface area (Å²) in [5.74, 6) is 0. The van der Waals surface area contributed by atoms with E-state index < -0.39 is 0 Å². The van der Waals surface area contributed by atoms with Gasteiger partial charge in [-0.2, -0.15) is 0 Å². The Hall–Kier alpha value is 0.660. The molecule has 1 aromatic rings. The Balaban J connectivity index is 2.19. The fourth-order valence-electron chi connectivity index (χ4n) is 1.88. The van der Waals surface area contributed by atoms with Gasteiger partial charge in [0.15, 0.2) is 0 Å². The van der Waals surface area contributed by atoms with Crippen LogP contribution in [0, 0.1) is 6.92 Å². The lowest BCUT2D eigenvalue weighted by Gasteiger charge is -2.07. The second-order valence-electron chi connectivity index (χ2n) is 4.58. The molecule has 0 saturated carbocycles. The number of thiophene rings is 1. The molecule has 0 aliphatic rings. The van der Waals surface area contributed by atoms with Gasteiger partial charge in [-0.3, -0.25) is 0 Å². The lowest BCUT2D eigenvalue weighted by atomic mass is 10.1. The van der Waals surface area contributed by atoms with Crippen LogP contribution in [0.1, 0.15) is 66.5 Å². The molecule has 1 rings (SSSR count). The van der Waals surface area contributed by atoms with E-state index in [2.05, 4.69) is 51.8 Å². The van der Waals surface area contributed by atoms with Crippen molar-refractivity contribution in [2.24, 2.45) is 0 Å². The minimum atomic E-state index is 0.545. The third-order valence-electron chi connectivity index (χ3n) is 3.00. The van der Waals surface area contributed by atoms with Gasteiger partial charge in [-0.15, -0.1) is 11.3 Å². The zero-order valence-corrected chi connectivity index (χ0v) is 14.8. The highest BCUT2D eigenvalue weighted by Gasteiger charge is 2.11. The van der Waals surface area contributed by atoms with Crippen molar-refractivity contribution in [2.75, 3.05) is 0 Å². The Bertz CT molecular complexity index is 301. The largest absolute Gasteiger partial charge is 0.143 e.